The second kappa shape index (κ2) is 7.01. The number of hydrogen-bond acceptors (Lipinski definition) is 2. The number of alkyl halides is 1. The Kier molecular flexibility index (Phi) is 6.85. The van der Waals surface area contributed by atoms with Crippen LogP contribution in [0.25, 0.3) is 0 Å². The van der Waals surface area contributed by atoms with Crippen LogP contribution in [0.15, 0.2) is 0 Å². The van der Waals surface area contributed by atoms with Gasteiger partial charge in [-0.1, -0.05) is 12.8 Å². The second-order valence-electron chi connectivity index (χ2n) is 3.99. The van der Waals surface area contributed by atoms with Gasteiger partial charge in [0.05, 0.1) is 6.42 Å². The van der Waals surface area contributed by atoms with Crippen LogP contribution in [0.3, 0.4) is 0 Å². The molecule has 0 aromatic rings. The molecule has 5 heteroatoms. The van der Waals surface area contributed by atoms with Crippen LogP contribution in [-0.2, 0) is 4.79 Å². The van der Waals surface area contributed by atoms with Gasteiger partial charge in [-0.05, 0) is 19.9 Å². The van der Waals surface area contributed by atoms with E-state index in [1.165, 1.54) is 0 Å². The highest BCUT2D eigenvalue weighted by atomic mass is 35.5. The summed E-state index contributed by atoms with van der Waals surface area (Å²) in [6.07, 6.45) is 2.83. The highest BCUT2D eigenvalue weighted by Gasteiger charge is 2.27. The summed E-state index contributed by atoms with van der Waals surface area (Å²) in [5.41, 5.74) is 0. The lowest BCUT2D eigenvalue weighted by Gasteiger charge is -2.33. The van der Waals surface area contributed by atoms with Gasteiger partial charge in [0.1, 0.15) is 6.17 Å². The van der Waals surface area contributed by atoms with E-state index in [0.717, 1.165) is 19.3 Å². The fraction of sp³-hybridized carbons (Fsp3) is 0.900. The van der Waals surface area contributed by atoms with Crippen LogP contribution < -0.4 is 0 Å². The summed E-state index contributed by atoms with van der Waals surface area (Å²) in [4.78, 5) is 12.2. The van der Waals surface area contributed by atoms with Crippen LogP contribution in [0.5, 0.6) is 0 Å². The molecule has 0 radical (unpaired) electrons. The normalized spacial score (nSPS) is 26.1. The lowest BCUT2D eigenvalue weighted by molar-refractivity contribution is -0.137. The van der Waals surface area contributed by atoms with Gasteiger partial charge >= 0.3 is 5.97 Å². The predicted octanol–water partition coefficient (Wildman–Crippen LogP) is 2.10. The van der Waals surface area contributed by atoms with Gasteiger partial charge in [-0.3, -0.25) is 9.69 Å². The fourth-order valence-electron chi connectivity index (χ4n) is 2.00. The minimum Gasteiger partial charge on any atom is -0.481 e. The monoisotopic (exact) mass is 239 g/mol. The van der Waals surface area contributed by atoms with Crippen molar-refractivity contribution in [3.63, 3.8) is 0 Å². The van der Waals surface area contributed by atoms with Crippen molar-refractivity contribution < 1.29 is 14.3 Å². The van der Waals surface area contributed by atoms with Crippen molar-refractivity contribution in [2.24, 2.45) is 0 Å². The Bertz CT molecular complexity index is 204. The molecule has 0 spiro atoms. The zero-order valence-electron chi connectivity index (χ0n) is 8.99. The van der Waals surface area contributed by atoms with E-state index in [-0.39, 0.29) is 24.9 Å². The number of carbonyl (C=O) groups is 1. The number of nitrogens with zero attached hydrogens (tertiary/aromatic N) is 1. The topological polar surface area (TPSA) is 40.5 Å². The summed E-state index contributed by atoms with van der Waals surface area (Å²) in [7, 11) is 1.81. The molecule has 1 aliphatic rings. The van der Waals surface area contributed by atoms with Gasteiger partial charge < -0.3 is 5.11 Å². The van der Waals surface area contributed by atoms with E-state index < -0.39 is 12.1 Å². The number of hydrogen-bond donors (Lipinski definition) is 1. The third-order valence-corrected chi connectivity index (χ3v) is 2.89. The average Bonchev–Trinajstić information content (AvgIpc) is 2.15. The standard InChI is InChI=1S/C10H18FNO2.ClH/c1-12(7-6-10(13)14)9-5-3-2-4-8(9)11;/h8-9H,2-7H2,1H3,(H,13,14);1H/t8-,9-;/m1./s1. The molecule has 0 unspecified atom stereocenters. The maximum atomic E-state index is 13.4. The second-order valence-corrected chi connectivity index (χ2v) is 3.99. The Balaban J connectivity index is 0.00000196. The summed E-state index contributed by atoms with van der Waals surface area (Å²) >= 11 is 0. The molecule has 0 saturated heterocycles. The minimum absolute atomic E-state index is 0. The van der Waals surface area contributed by atoms with Gasteiger partial charge in [0.2, 0.25) is 0 Å². The van der Waals surface area contributed by atoms with Crippen LogP contribution >= 0.6 is 12.4 Å². The van der Waals surface area contributed by atoms with Crippen molar-refractivity contribution in [3.8, 4) is 0 Å². The Hall–Kier alpha value is -0.350. The highest BCUT2D eigenvalue weighted by Crippen LogP contribution is 2.24. The SMILES string of the molecule is CN(CCC(=O)O)[C@@H]1CCCC[C@H]1F.Cl. The number of carboxylic acids is 1. The third kappa shape index (κ3) is 4.80. The number of aliphatic carboxylic acids is 1. The van der Waals surface area contributed by atoms with Gasteiger partial charge in [-0.15, -0.1) is 12.4 Å². The zero-order valence-corrected chi connectivity index (χ0v) is 9.80. The molecular formula is C10H19ClFNO2. The first kappa shape index (κ1) is 14.6. The molecule has 15 heavy (non-hydrogen) atoms. The Morgan fingerprint density at radius 1 is 1.47 bits per heavy atom. The molecule has 1 fully saturated rings. The van der Waals surface area contributed by atoms with Gasteiger partial charge in [0.25, 0.3) is 0 Å². The third-order valence-electron chi connectivity index (χ3n) is 2.89. The van der Waals surface area contributed by atoms with E-state index in [2.05, 4.69) is 0 Å². The molecule has 1 saturated carbocycles. The number of rotatable bonds is 4. The van der Waals surface area contributed by atoms with Gasteiger partial charge in [-0.25, -0.2) is 4.39 Å². The summed E-state index contributed by atoms with van der Waals surface area (Å²) in [6, 6.07) is -0.0666. The Labute approximate surface area is 96.1 Å². The van der Waals surface area contributed by atoms with E-state index in [1.807, 2.05) is 11.9 Å². The zero-order chi connectivity index (χ0) is 10.6. The molecule has 0 aliphatic heterocycles. The Morgan fingerprint density at radius 3 is 2.60 bits per heavy atom. The first-order chi connectivity index (χ1) is 6.61. The number of halogens is 2. The molecule has 0 bridgehead atoms. The maximum Gasteiger partial charge on any atom is 0.304 e. The molecule has 0 aromatic heterocycles. The van der Waals surface area contributed by atoms with Crippen molar-refractivity contribution in [1.29, 1.82) is 0 Å². The minimum atomic E-state index is -0.817. The quantitative estimate of drug-likeness (QED) is 0.817. The molecule has 90 valence electrons. The van der Waals surface area contributed by atoms with E-state index in [4.69, 9.17) is 5.11 Å². The molecule has 0 aromatic carbocycles. The van der Waals surface area contributed by atoms with Crippen LogP contribution in [0.1, 0.15) is 32.1 Å². The molecule has 2 atom stereocenters. The predicted molar refractivity (Wildman–Crippen MR) is 59.3 cm³/mol. The Morgan fingerprint density at radius 2 is 2.07 bits per heavy atom. The van der Waals surface area contributed by atoms with Crippen molar-refractivity contribution in [2.75, 3.05) is 13.6 Å². The summed E-state index contributed by atoms with van der Waals surface area (Å²) in [5.74, 6) is -0.817. The van der Waals surface area contributed by atoms with Gasteiger partial charge in [0, 0.05) is 12.6 Å². The lowest BCUT2D eigenvalue weighted by atomic mass is 9.92. The first-order valence-corrected chi connectivity index (χ1v) is 5.17. The average molecular weight is 240 g/mol. The van der Waals surface area contributed by atoms with Crippen LogP contribution in [-0.4, -0.2) is 41.8 Å². The first-order valence-electron chi connectivity index (χ1n) is 5.17. The summed E-state index contributed by atoms with van der Waals surface area (Å²) in [6.45, 7) is 0.445. The largest absolute Gasteiger partial charge is 0.481 e. The molecule has 0 heterocycles. The van der Waals surface area contributed by atoms with Crippen LogP contribution in [0.4, 0.5) is 4.39 Å². The smallest absolute Gasteiger partial charge is 0.304 e. The van der Waals surface area contributed by atoms with E-state index in [9.17, 15) is 9.18 Å². The molecule has 3 nitrogen and oxygen atoms in total. The maximum absolute atomic E-state index is 13.4. The van der Waals surface area contributed by atoms with E-state index in [0.29, 0.717) is 13.0 Å². The van der Waals surface area contributed by atoms with Gasteiger partial charge in [-0.2, -0.15) is 0 Å². The molecule has 1 rings (SSSR count). The lowest BCUT2D eigenvalue weighted by Crippen LogP contribution is -2.42. The highest BCUT2D eigenvalue weighted by molar-refractivity contribution is 5.85. The van der Waals surface area contributed by atoms with E-state index in [1.54, 1.807) is 0 Å². The molecular weight excluding hydrogens is 221 g/mol. The van der Waals surface area contributed by atoms with E-state index >= 15 is 0 Å². The summed E-state index contributed by atoms with van der Waals surface area (Å²) < 4.78 is 13.4. The molecule has 0 amide bonds. The van der Waals surface area contributed by atoms with Crippen molar-refractivity contribution in [1.82, 2.24) is 4.90 Å². The number of carboxylic acid groups (broad SMARTS) is 1. The summed E-state index contributed by atoms with van der Waals surface area (Å²) in [5, 5.41) is 8.51. The van der Waals surface area contributed by atoms with Crippen LogP contribution in [0.2, 0.25) is 0 Å². The van der Waals surface area contributed by atoms with Crippen LogP contribution in [0, 0.1) is 0 Å². The van der Waals surface area contributed by atoms with Crippen molar-refractivity contribution in [2.45, 2.75) is 44.3 Å². The molecule has 1 aliphatic carbocycles. The fourth-order valence-corrected chi connectivity index (χ4v) is 2.00. The van der Waals surface area contributed by atoms with Crippen molar-refractivity contribution >= 4 is 18.4 Å². The molecule has 1 N–H and O–H groups in total. The van der Waals surface area contributed by atoms with Crippen molar-refractivity contribution in [3.05, 3.63) is 0 Å². The van der Waals surface area contributed by atoms with Gasteiger partial charge in [0.15, 0.2) is 0 Å².